The van der Waals surface area contributed by atoms with Crippen molar-refractivity contribution in [2.45, 2.75) is 32.9 Å². The van der Waals surface area contributed by atoms with Gasteiger partial charge in [-0.3, -0.25) is 0 Å². The van der Waals surface area contributed by atoms with Gasteiger partial charge in [0.2, 0.25) is 0 Å². The van der Waals surface area contributed by atoms with Gasteiger partial charge in [0.25, 0.3) is 0 Å². The normalized spacial score (nSPS) is 10.8. The van der Waals surface area contributed by atoms with E-state index in [0.717, 1.165) is 29.7 Å². The first-order chi connectivity index (χ1) is 8.74. The van der Waals surface area contributed by atoms with Crippen molar-refractivity contribution >= 4 is 15.9 Å². The van der Waals surface area contributed by atoms with Crippen molar-refractivity contribution in [1.29, 1.82) is 0 Å². The number of benzene rings is 1. The van der Waals surface area contributed by atoms with Crippen LogP contribution in [-0.2, 0) is 19.6 Å². The number of hydrogen-bond donors (Lipinski definition) is 1. The summed E-state index contributed by atoms with van der Waals surface area (Å²) in [4.78, 5) is 0. The lowest BCUT2D eigenvalue weighted by Gasteiger charge is -2.08. The van der Waals surface area contributed by atoms with Crippen molar-refractivity contribution in [3.8, 4) is 0 Å². The van der Waals surface area contributed by atoms with Gasteiger partial charge in [-0.15, -0.1) is 10.2 Å². The molecular formula is C13H16BrN3O. The number of nitrogens with zero attached hydrogens (tertiary/aromatic N) is 3. The molecule has 0 aliphatic rings. The zero-order valence-corrected chi connectivity index (χ0v) is 11.9. The second-order valence-corrected chi connectivity index (χ2v) is 5.06. The van der Waals surface area contributed by atoms with Crippen LogP contribution in [0.3, 0.4) is 0 Å². The van der Waals surface area contributed by atoms with Crippen LogP contribution in [0.2, 0.25) is 0 Å². The Morgan fingerprint density at radius 1 is 1.28 bits per heavy atom. The SMILES string of the molecule is CCCn1c(CO)nnc1Cc1cccc(Br)c1. The van der Waals surface area contributed by atoms with Gasteiger partial charge < -0.3 is 9.67 Å². The molecule has 1 aromatic carbocycles. The van der Waals surface area contributed by atoms with Crippen LogP contribution in [0.5, 0.6) is 0 Å². The summed E-state index contributed by atoms with van der Waals surface area (Å²) in [6, 6.07) is 8.14. The lowest BCUT2D eigenvalue weighted by atomic mass is 10.1. The van der Waals surface area contributed by atoms with Gasteiger partial charge >= 0.3 is 0 Å². The third kappa shape index (κ3) is 2.97. The van der Waals surface area contributed by atoms with Crippen LogP contribution in [0.15, 0.2) is 28.7 Å². The first-order valence-corrected chi connectivity index (χ1v) is 6.80. The molecule has 0 aliphatic heterocycles. The first kappa shape index (κ1) is 13.2. The summed E-state index contributed by atoms with van der Waals surface area (Å²) < 4.78 is 3.06. The van der Waals surface area contributed by atoms with Crippen molar-refractivity contribution in [3.63, 3.8) is 0 Å². The number of hydrogen-bond acceptors (Lipinski definition) is 3. The first-order valence-electron chi connectivity index (χ1n) is 6.00. The molecule has 0 saturated heterocycles. The lowest BCUT2D eigenvalue weighted by Crippen LogP contribution is -2.08. The Morgan fingerprint density at radius 3 is 2.72 bits per heavy atom. The highest BCUT2D eigenvalue weighted by molar-refractivity contribution is 9.10. The predicted octanol–water partition coefficient (Wildman–Crippen LogP) is 2.53. The Hall–Kier alpha value is -1.20. The molecule has 0 unspecified atom stereocenters. The highest BCUT2D eigenvalue weighted by Crippen LogP contribution is 2.15. The third-order valence-electron chi connectivity index (χ3n) is 2.74. The Bertz CT molecular complexity index is 525. The van der Waals surface area contributed by atoms with E-state index in [2.05, 4.69) is 45.2 Å². The summed E-state index contributed by atoms with van der Waals surface area (Å²) in [7, 11) is 0. The van der Waals surface area contributed by atoms with Gasteiger partial charge in [-0.1, -0.05) is 35.0 Å². The van der Waals surface area contributed by atoms with Crippen molar-refractivity contribution in [2.75, 3.05) is 0 Å². The van der Waals surface area contributed by atoms with E-state index in [4.69, 9.17) is 0 Å². The highest BCUT2D eigenvalue weighted by atomic mass is 79.9. The molecule has 2 rings (SSSR count). The Morgan fingerprint density at radius 2 is 2.06 bits per heavy atom. The Labute approximate surface area is 115 Å². The Balaban J connectivity index is 2.25. The molecule has 96 valence electrons. The fourth-order valence-corrected chi connectivity index (χ4v) is 2.38. The summed E-state index contributed by atoms with van der Waals surface area (Å²) in [5.74, 6) is 1.54. The van der Waals surface area contributed by atoms with Crippen LogP contribution in [0.1, 0.15) is 30.6 Å². The summed E-state index contributed by atoms with van der Waals surface area (Å²) in [6.07, 6.45) is 1.73. The monoisotopic (exact) mass is 309 g/mol. The molecule has 0 saturated carbocycles. The van der Waals surface area contributed by atoms with Crippen molar-refractivity contribution < 1.29 is 5.11 Å². The number of halogens is 1. The van der Waals surface area contributed by atoms with E-state index in [1.165, 1.54) is 5.56 Å². The predicted molar refractivity (Wildman–Crippen MR) is 73.2 cm³/mol. The van der Waals surface area contributed by atoms with Crippen LogP contribution < -0.4 is 0 Å². The Kier molecular flexibility index (Phi) is 4.49. The molecule has 5 heteroatoms. The van der Waals surface area contributed by atoms with Gasteiger partial charge in [0, 0.05) is 17.4 Å². The molecule has 18 heavy (non-hydrogen) atoms. The van der Waals surface area contributed by atoms with E-state index in [-0.39, 0.29) is 6.61 Å². The van der Waals surface area contributed by atoms with Crippen molar-refractivity contribution in [1.82, 2.24) is 14.8 Å². The molecule has 0 spiro atoms. The summed E-state index contributed by atoms with van der Waals surface area (Å²) in [5, 5.41) is 17.4. The second-order valence-electron chi connectivity index (χ2n) is 4.15. The highest BCUT2D eigenvalue weighted by Gasteiger charge is 2.11. The molecule has 0 fully saturated rings. The fourth-order valence-electron chi connectivity index (χ4n) is 1.93. The summed E-state index contributed by atoms with van der Waals surface area (Å²) >= 11 is 3.46. The lowest BCUT2D eigenvalue weighted by molar-refractivity contribution is 0.264. The van der Waals surface area contributed by atoms with Crippen LogP contribution in [0, 0.1) is 0 Å². The van der Waals surface area contributed by atoms with Crippen molar-refractivity contribution in [2.24, 2.45) is 0 Å². The summed E-state index contributed by atoms with van der Waals surface area (Å²) in [6.45, 7) is 2.88. The fraction of sp³-hybridized carbons (Fsp3) is 0.385. The van der Waals surface area contributed by atoms with E-state index < -0.39 is 0 Å². The number of aliphatic hydroxyl groups excluding tert-OH is 1. The maximum atomic E-state index is 9.24. The molecule has 0 aliphatic carbocycles. The molecule has 0 bridgehead atoms. The topological polar surface area (TPSA) is 50.9 Å². The quantitative estimate of drug-likeness (QED) is 0.923. The van der Waals surface area contributed by atoms with E-state index in [1.54, 1.807) is 0 Å². The van der Waals surface area contributed by atoms with Crippen LogP contribution >= 0.6 is 15.9 Å². The minimum Gasteiger partial charge on any atom is -0.388 e. The molecular weight excluding hydrogens is 294 g/mol. The average molecular weight is 310 g/mol. The van der Waals surface area contributed by atoms with Crippen LogP contribution in [-0.4, -0.2) is 19.9 Å². The zero-order chi connectivity index (χ0) is 13.0. The van der Waals surface area contributed by atoms with Crippen LogP contribution in [0.4, 0.5) is 0 Å². The average Bonchev–Trinajstić information content (AvgIpc) is 2.72. The minimum atomic E-state index is -0.0640. The largest absolute Gasteiger partial charge is 0.388 e. The molecule has 2 aromatic rings. The number of aromatic nitrogens is 3. The maximum absolute atomic E-state index is 9.24. The van der Waals surface area contributed by atoms with Crippen molar-refractivity contribution in [3.05, 3.63) is 46.0 Å². The second kappa shape index (κ2) is 6.11. The molecule has 0 atom stereocenters. The minimum absolute atomic E-state index is 0.0640. The van der Waals surface area contributed by atoms with Gasteiger partial charge in [-0.05, 0) is 24.1 Å². The molecule has 4 nitrogen and oxygen atoms in total. The molecule has 0 amide bonds. The van der Waals surface area contributed by atoms with Gasteiger partial charge in [0.15, 0.2) is 5.82 Å². The molecule has 1 N–H and O–H groups in total. The van der Waals surface area contributed by atoms with E-state index >= 15 is 0 Å². The van der Waals surface area contributed by atoms with Crippen LogP contribution in [0.25, 0.3) is 0 Å². The van der Waals surface area contributed by atoms with Gasteiger partial charge in [-0.2, -0.15) is 0 Å². The number of aliphatic hydroxyl groups is 1. The van der Waals surface area contributed by atoms with E-state index in [1.807, 2.05) is 16.7 Å². The maximum Gasteiger partial charge on any atom is 0.158 e. The number of rotatable bonds is 5. The molecule has 0 radical (unpaired) electrons. The third-order valence-corrected chi connectivity index (χ3v) is 3.24. The smallest absolute Gasteiger partial charge is 0.158 e. The van der Waals surface area contributed by atoms with E-state index in [9.17, 15) is 5.11 Å². The summed E-state index contributed by atoms with van der Waals surface area (Å²) in [5.41, 5.74) is 1.18. The molecule has 1 aromatic heterocycles. The standard InChI is InChI=1S/C13H16BrN3O/c1-2-6-17-12(15-16-13(17)9-18)8-10-4-3-5-11(14)7-10/h3-5,7,18H,2,6,8-9H2,1H3. The zero-order valence-electron chi connectivity index (χ0n) is 10.3. The van der Waals surface area contributed by atoms with Gasteiger partial charge in [-0.25, -0.2) is 0 Å². The van der Waals surface area contributed by atoms with E-state index in [0.29, 0.717) is 5.82 Å². The van der Waals surface area contributed by atoms with Gasteiger partial charge in [0.05, 0.1) is 0 Å². The molecule has 1 heterocycles. The van der Waals surface area contributed by atoms with Gasteiger partial charge in [0.1, 0.15) is 12.4 Å².